The average Bonchev–Trinajstić information content (AvgIpc) is 3.01. The van der Waals surface area contributed by atoms with Gasteiger partial charge in [0, 0.05) is 24.3 Å². The van der Waals surface area contributed by atoms with Gasteiger partial charge < -0.3 is 5.32 Å². The van der Waals surface area contributed by atoms with Crippen molar-refractivity contribution in [2.45, 2.75) is 20.4 Å². The van der Waals surface area contributed by atoms with Gasteiger partial charge in [-0.25, -0.2) is 9.67 Å². The molecule has 0 aliphatic rings. The molecular formula is C21H18ClN5O. The van der Waals surface area contributed by atoms with Crippen molar-refractivity contribution >= 4 is 34.2 Å². The van der Waals surface area contributed by atoms with E-state index >= 15 is 0 Å². The number of fused-ring (bicyclic) bond motifs is 1. The molecule has 0 saturated heterocycles. The molecule has 28 heavy (non-hydrogen) atoms. The summed E-state index contributed by atoms with van der Waals surface area (Å²) in [5, 5.41) is 8.46. The first-order valence-corrected chi connectivity index (χ1v) is 9.19. The van der Waals surface area contributed by atoms with Crippen LogP contribution in [0, 0.1) is 13.8 Å². The highest BCUT2D eigenvalue weighted by Crippen LogP contribution is 2.29. The van der Waals surface area contributed by atoms with E-state index in [0.717, 1.165) is 16.8 Å². The predicted molar refractivity (Wildman–Crippen MR) is 110 cm³/mol. The number of aromatic nitrogens is 4. The topological polar surface area (TPSA) is 72.7 Å². The molecule has 0 atom stereocenters. The summed E-state index contributed by atoms with van der Waals surface area (Å²) in [7, 11) is 0. The lowest BCUT2D eigenvalue weighted by molar-refractivity contribution is 0.102. The van der Waals surface area contributed by atoms with Gasteiger partial charge in [0.05, 0.1) is 28.2 Å². The minimum atomic E-state index is -0.301. The molecule has 7 heteroatoms. The fraction of sp³-hybridized carbons (Fsp3) is 0.143. The number of halogens is 1. The number of carbonyl (C=O) groups is 1. The highest BCUT2D eigenvalue weighted by Gasteiger charge is 2.19. The number of nitrogens with zero attached hydrogens (tertiary/aromatic N) is 4. The summed E-state index contributed by atoms with van der Waals surface area (Å²) in [6, 6.07) is 11.4. The molecule has 0 radical (unpaired) electrons. The van der Waals surface area contributed by atoms with Gasteiger partial charge in [-0.1, -0.05) is 29.3 Å². The van der Waals surface area contributed by atoms with E-state index in [1.165, 1.54) is 6.20 Å². The Morgan fingerprint density at radius 3 is 2.54 bits per heavy atom. The zero-order valence-electron chi connectivity index (χ0n) is 15.5. The Morgan fingerprint density at radius 2 is 1.82 bits per heavy atom. The Kier molecular flexibility index (Phi) is 4.79. The first kappa shape index (κ1) is 18.1. The van der Waals surface area contributed by atoms with Crippen molar-refractivity contribution in [2.75, 3.05) is 5.32 Å². The van der Waals surface area contributed by atoms with E-state index in [4.69, 9.17) is 11.6 Å². The number of pyridine rings is 2. The van der Waals surface area contributed by atoms with Crippen LogP contribution in [0.5, 0.6) is 0 Å². The number of nitrogens with one attached hydrogen (secondary N) is 1. The van der Waals surface area contributed by atoms with Crippen molar-refractivity contribution in [3.8, 4) is 0 Å². The number of carbonyl (C=O) groups excluding carboxylic acids is 1. The molecule has 0 saturated carbocycles. The third-order valence-corrected chi connectivity index (χ3v) is 4.90. The van der Waals surface area contributed by atoms with Crippen LogP contribution in [0.1, 0.15) is 27.2 Å². The number of rotatable bonds is 4. The number of anilines is 1. The van der Waals surface area contributed by atoms with E-state index in [1.807, 2.05) is 50.2 Å². The standard InChI is InChI=1S/C21H18ClN5O/c1-13-3-5-16(6-4-13)25-21(28)17-11-24-20-18(19(17)22)14(2)26-27(20)12-15-7-9-23-10-8-15/h3-11H,12H2,1-2H3,(H,25,28). The van der Waals surface area contributed by atoms with Crippen LogP contribution < -0.4 is 5.32 Å². The molecule has 1 amide bonds. The lowest BCUT2D eigenvalue weighted by Crippen LogP contribution is -2.13. The Balaban J connectivity index is 1.68. The van der Waals surface area contributed by atoms with Gasteiger partial charge in [0.1, 0.15) is 0 Å². The summed E-state index contributed by atoms with van der Waals surface area (Å²) in [5.74, 6) is -0.301. The second-order valence-electron chi connectivity index (χ2n) is 6.60. The molecule has 6 nitrogen and oxygen atoms in total. The molecule has 140 valence electrons. The van der Waals surface area contributed by atoms with Crippen LogP contribution in [-0.4, -0.2) is 25.7 Å². The first-order chi connectivity index (χ1) is 13.5. The normalized spacial score (nSPS) is 11.0. The highest BCUT2D eigenvalue weighted by atomic mass is 35.5. The highest BCUT2D eigenvalue weighted by molar-refractivity contribution is 6.39. The van der Waals surface area contributed by atoms with Gasteiger partial charge in [0.2, 0.25) is 0 Å². The maximum absolute atomic E-state index is 12.7. The molecule has 3 aromatic heterocycles. The fourth-order valence-corrected chi connectivity index (χ4v) is 3.40. The van der Waals surface area contributed by atoms with Crippen molar-refractivity contribution in [3.05, 3.63) is 82.4 Å². The number of hydrogen-bond acceptors (Lipinski definition) is 4. The summed E-state index contributed by atoms with van der Waals surface area (Å²) >= 11 is 6.59. The molecule has 0 aliphatic carbocycles. The van der Waals surface area contributed by atoms with Crippen molar-refractivity contribution < 1.29 is 4.79 Å². The van der Waals surface area contributed by atoms with Crippen LogP contribution in [0.2, 0.25) is 5.02 Å². The van der Waals surface area contributed by atoms with Crippen molar-refractivity contribution in [1.82, 2.24) is 19.7 Å². The zero-order valence-corrected chi connectivity index (χ0v) is 16.2. The Bertz CT molecular complexity index is 1150. The van der Waals surface area contributed by atoms with Crippen LogP contribution in [0.25, 0.3) is 11.0 Å². The molecule has 1 N–H and O–H groups in total. The summed E-state index contributed by atoms with van der Waals surface area (Å²) in [5.41, 5.74) is 4.57. The van der Waals surface area contributed by atoms with Crippen LogP contribution in [-0.2, 0) is 6.54 Å². The molecule has 1 aromatic carbocycles. The molecule has 0 unspecified atom stereocenters. The molecule has 3 heterocycles. The van der Waals surface area contributed by atoms with Crippen molar-refractivity contribution in [3.63, 3.8) is 0 Å². The molecule has 0 bridgehead atoms. The second kappa shape index (κ2) is 7.40. The molecule has 4 rings (SSSR count). The van der Waals surface area contributed by atoms with Crippen LogP contribution >= 0.6 is 11.6 Å². The average molecular weight is 392 g/mol. The lowest BCUT2D eigenvalue weighted by Gasteiger charge is -2.08. The fourth-order valence-electron chi connectivity index (χ4n) is 3.04. The third-order valence-electron chi connectivity index (χ3n) is 4.51. The van der Waals surface area contributed by atoms with Crippen LogP contribution in [0.15, 0.2) is 55.0 Å². The number of amides is 1. The van der Waals surface area contributed by atoms with E-state index in [-0.39, 0.29) is 5.91 Å². The minimum absolute atomic E-state index is 0.301. The van der Waals surface area contributed by atoms with Crippen LogP contribution in [0.3, 0.4) is 0 Å². The first-order valence-electron chi connectivity index (χ1n) is 8.81. The molecular weight excluding hydrogens is 374 g/mol. The lowest BCUT2D eigenvalue weighted by atomic mass is 10.1. The zero-order chi connectivity index (χ0) is 19.7. The maximum Gasteiger partial charge on any atom is 0.258 e. The van der Waals surface area contributed by atoms with Crippen LogP contribution in [0.4, 0.5) is 5.69 Å². The predicted octanol–water partition coefficient (Wildman–Crippen LogP) is 4.40. The molecule has 0 fully saturated rings. The minimum Gasteiger partial charge on any atom is -0.322 e. The maximum atomic E-state index is 12.7. The Labute approximate surface area is 167 Å². The number of benzene rings is 1. The molecule has 4 aromatic rings. The number of hydrogen-bond donors (Lipinski definition) is 1. The SMILES string of the molecule is Cc1ccc(NC(=O)c2cnc3c(c(C)nn3Cc3ccncc3)c2Cl)cc1. The van der Waals surface area contributed by atoms with Gasteiger partial charge in [-0.3, -0.25) is 9.78 Å². The van der Waals surface area contributed by atoms with E-state index in [0.29, 0.717) is 33.9 Å². The van der Waals surface area contributed by atoms with Gasteiger partial charge in [0.15, 0.2) is 5.65 Å². The van der Waals surface area contributed by atoms with E-state index in [1.54, 1.807) is 17.1 Å². The van der Waals surface area contributed by atoms with Gasteiger partial charge in [-0.05, 0) is 43.7 Å². The molecule has 0 spiro atoms. The molecule has 0 aliphatic heterocycles. The summed E-state index contributed by atoms with van der Waals surface area (Å²) in [6.45, 7) is 4.40. The monoisotopic (exact) mass is 391 g/mol. The van der Waals surface area contributed by atoms with E-state index < -0.39 is 0 Å². The van der Waals surface area contributed by atoms with Crippen molar-refractivity contribution in [2.24, 2.45) is 0 Å². The third kappa shape index (κ3) is 3.46. The summed E-state index contributed by atoms with van der Waals surface area (Å²) < 4.78 is 1.79. The van der Waals surface area contributed by atoms with Gasteiger partial charge >= 0.3 is 0 Å². The quantitative estimate of drug-likeness (QED) is 0.559. The smallest absolute Gasteiger partial charge is 0.258 e. The Hall–Kier alpha value is -3.25. The largest absolute Gasteiger partial charge is 0.322 e. The summed E-state index contributed by atoms with van der Waals surface area (Å²) in [6.07, 6.45) is 4.97. The van der Waals surface area contributed by atoms with Gasteiger partial charge in [-0.15, -0.1) is 0 Å². The van der Waals surface area contributed by atoms with Crippen molar-refractivity contribution in [1.29, 1.82) is 0 Å². The van der Waals surface area contributed by atoms with Gasteiger partial charge in [0.25, 0.3) is 5.91 Å². The second-order valence-corrected chi connectivity index (χ2v) is 6.98. The summed E-state index contributed by atoms with van der Waals surface area (Å²) in [4.78, 5) is 21.2. The van der Waals surface area contributed by atoms with Gasteiger partial charge in [-0.2, -0.15) is 5.10 Å². The van der Waals surface area contributed by atoms with E-state index in [9.17, 15) is 4.79 Å². The number of aryl methyl sites for hydroxylation is 2. The Morgan fingerprint density at radius 1 is 1.11 bits per heavy atom. The van der Waals surface area contributed by atoms with E-state index in [2.05, 4.69) is 20.4 Å².